The molecule has 0 saturated heterocycles. The van der Waals surface area contributed by atoms with Crippen LogP contribution >= 0.6 is 0 Å². The lowest BCUT2D eigenvalue weighted by Gasteiger charge is -2.12. The normalized spacial score (nSPS) is 16.9. The number of rotatable bonds is 7. The summed E-state index contributed by atoms with van der Waals surface area (Å²) < 4.78 is 5.65. The second-order valence-electron chi connectivity index (χ2n) is 8.90. The van der Waals surface area contributed by atoms with Crippen LogP contribution in [0.1, 0.15) is 37.3 Å². The quantitative estimate of drug-likeness (QED) is 0.417. The lowest BCUT2D eigenvalue weighted by molar-refractivity contribution is -0.117. The van der Waals surface area contributed by atoms with Gasteiger partial charge in [0.05, 0.1) is 6.10 Å². The molecule has 2 N–H and O–H groups in total. The van der Waals surface area contributed by atoms with Crippen molar-refractivity contribution in [1.29, 1.82) is 0 Å². The number of carbonyl (C=O) groups is 1. The molecule has 8 heteroatoms. The van der Waals surface area contributed by atoms with Gasteiger partial charge in [0.2, 0.25) is 17.6 Å². The van der Waals surface area contributed by atoms with Gasteiger partial charge in [-0.2, -0.15) is 5.21 Å². The molecule has 4 aromatic rings. The summed E-state index contributed by atoms with van der Waals surface area (Å²) in [6, 6.07) is 17.9. The van der Waals surface area contributed by atoms with Crippen molar-refractivity contribution in [3.05, 3.63) is 71.9 Å². The third-order valence-electron chi connectivity index (χ3n) is 5.87. The maximum atomic E-state index is 12.9. The van der Waals surface area contributed by atoms with E-state index < -0.39 is 0 Å². The molecule has 1 saturated carbocycles. The zero-order valence-electron chi connectivity index (χ0n) is 19.3. The van der Waals surface area contributed by atoms with Crippen molar-refractivity contribution in [2.75, 3.05) is 5.32 Å². The number of tetrazole rings is 1. The molecule has 0 spiro atoms. The van der Waals surface area contributed by atoms with Gasteiger partial charge in [-0.15, -0.1) is 10.2 Å². The van der Waals surface area contributed by atoms with E-state index in [0.29, 0.717) is 17.4 Å². The van der Waals surface area contributed by atoms with Crippen molar-refractivity contribution in [3.8, 4) is 28.4 Å². The highest BCUT2D eigenvalue weighted by Crippen LogP contribution is 2.48. The molecule has 0 radical (unpaired) electrons. The van der Waals surface area contributed by atoms with E-state index in [0.717, 1.165) is 23.1 Å². The zero-order valence-corrected chi connectivity index (χ0v) is 19.3. The largest absolute Gasteiger partial charge is 0.475 e. The number of amides is 1. The van der Waals surface area contributed by atoms with Gasteiger partial charge in [0.15, 0.2) is 0 Å². The highest BCUT2D eigenvalue weighted by Gasteiger charge is 2.44. The van der Waals surface area contributed by atoms with Gasteiger partial charge in [0.1, 0.15) is 0 Å². The molecule has 172 valence electrons. The summed E-state index contributed by atoms with van der Waals surface area (Å²) in [5.41, 5.74) is 5.64. The molecule has 1 fully saturated rings. The zero-order chi connectivity index (χ0) is 23.7. The number of anilines is 1. The average molecular weight is 455 g/mol. The second kappa shape index (κ2) is 9.05. The number of ether oxygens (including phenoxy) is 1. The number of benzene rings is 2. The fourth-order valence-electron chi connectivity index (χ4n) is 4.17. The predicted octanol–water partition coefficient (Wildman–Crippen LogP) is 4.77. The van der Waals surface area contributed by atoms with Crippen LogP contribution in [0, 0.1) is 12.8 Å². The van der Waals surface area contributed by atoms with Crippen LogP contribution in [0.2, 0.25) is 0 Å². The van der Waals surface area contributed by atoms with Gasteiger partial charge in [0, 0.05) is 35.0 Å². The number of pyridine rings is 1. The number of aromatic amines is 1. The van der Waals surface area contributed by atoms with E-state index in [4.69, 9.17) is 4.74 Å². The lowest BCUT2D eigenvalue weighted by Crippen LogP contribution is -2.14. The number of nitrogens with one attached hydrogen (secondary N) is 2. The summed E-state index contributed by atoms with van der Waals surface area (Å²) in [6.45, 7) is 5.99. The van der Waals surface area contributed by atoms with Gasteiger partial charge in [-0.25, -0.2) is 4.98 Å². The van der Waals surface area contributed by atoms with Crippen LogP contribution in [0.3, 0.4) is 0 Å². The van der Waals surface area contributed by atoms with E-state index in [1.807, 2.05) is 50.2 Å². The molecule has 34 heavy (non-hydrogen) atoms. The van der Waals surface area contributed by atoms with Crippen molar-refractivity contribution in [1.82, 2.24) is 25.6 Å². The number of carbonyl (C=O) groups excluding carboxylic acids is 1. The Labute approximate surface area is 197 Å². The van der Waals surface area contributed by atoms with E-state index in [1.165, 1.54) is 11.1 Å². The molecule has 5 rings (SSSR count). The van der Waals surface area contributed by atoms with Gasteiger partial charge in [-0.3, -0.25) is 4.79 Å². The van der Waals surface area contributed by atoms with Crippen LogP contribution < -0.4 is 10.1 Å². The van der Waals surface area contributed by atoms with E-state index >= 15 is 0 Å². The fourth-order valence-corrected chi connectivity index (χ4v) is 4.17. The second-order valence-corrected chi connectivity index (χ2v) is 8.90. The molecule has 2 atom stereocenters. The summed E-state index contributed by atoms with van der Waals surface area (Å²) in [5.74, 6) is 1.28. The first kappa shape index (κ1) is 21.8. The standard InChI is InChI=1S/C26H26N6O2/c1-15(2)34-24-10-7-18(14-27-24)20-9-8-19(12-22(20)25-29-31-32-30-25)28-26(33)23-13-21(23)17-6-4-5-16(3)11-17/h4-12,14-15,21,23H,13H2,1-3H3,(H,28,33)(H,29,30,31,32)/t21-,23+/m0/s1. The number of hydrogen-bond acceptors (Lipinski definition) is 6. The van der Waals surface area contributed by atoms with Crippen molar-refractivity contribution >= 4 is 11.6 Å². The molecule has 0 bridgehead atoms. The van der Waals surface area contributed by atoms with E-state index in [9.17, 15) is 4.79 Å². The molecular formula is C26H26N6O2. The smallest absolute Gasteiger partial charge is 0.228 e. The van der Waals surface area contributed by atoms with E-state index in [2.05, 4.69) is 56.0 Å². The molecule has 1 aliphatic rings. The Morgan fingerprint density at radius 1 is 1.12 bits per heavy atom. The molecule has 8 nitrogen and oxygen atoms in total. The number of aryl methyl sites for hydroxylation is 1. The first-order valence-corrected chi connectivity index (χ1v) is 11.4. The van der Waals surface area contributed by atoms with Crippen LogP contribution in [0.5, 0.6) is 5.88 Å². The van der Waals surface area contributed by atoms with E-state index in [-0.39, 0.29) is 23.8 Å². The summed E-state index contributed by atoms with van der Waals surface area (Å²) in [6.07, 6.45) is 2.67. The number of H-pyrrole nitrogens is 1. The first-order valence-electron chi connectivity index (χ1n) is 11.4. The Bertz CT molecular complexity index is 1300. The van der Waals surface area contributed by atoms with Crippen LogP contribution in [0.4, 0.5) is 5.69 Å². The van der Waals surface area contributed by atoms with Crippen LogP contribution in [0.25, 0.3) is 22.5 Å². The summed E-state index contributed by atoms with van der Waals surface area (Å²) >= 11 is 0. The molecule has 0 unspecified atom stereocenters. The molecule has 1 aliphatic carbocycles. The Kier molecular flexibility index (Phi) is 5.79. The Morgan fingerprint density at radius 3 is 2.71 bits per heavy atom. The minimum atomic E-state index is -0.0206. The van der Waals surface area contributed by atoms with Crippen LogP contribution in [-0.2, 0) is 4.79 Å². The van der Waals surface area contributed by atoms with Gasteiger partial charge in [-0.1, -0.05) is 35.9 Å². The van der Waals surface area contributed by atoms with E-state index in [1.54, 1.807) is 6.20 Å². The highest BCUT2D eigenvalue weighted by molar-refractivity contribution is 5.96. The average Bonchev–Trinajstić information content (AvgIpc) is 3.44. The van der Waals surface area contributed by atoms with Gasteiger partial charge >= 0.3 is 0 Å². The monoisotopic (exact) mass is 454 g/mol. The SMILES string of the molecule is Cc1cccc([C@@H]2C[C@H]2C(=O)Nc2ccc(-c3ccc(OC(C)C)nc3)c(-c3nn[nH]n3)c2)c1. The topological polar surface area (TPSA) is 106 Å². The molecule has 2 aromatic heterocycles. The molecule has 2 aromatic carbocycles. The summed E-state index contributed by atoms with van der Waals surface area (Å²) in [4.78, 5) is 17.3. The van der Waals surface area contributed by atoms with Crippen LogP contribution in [0.15, 0.2) is 60.8 Å². The number of aromatic nitrogens is 5. The van der Waals surface area contributed by atoms with Crippen LogP contribution in [-0.4, -0.2) is 37.6 Å². The first-order chi connectivity index (χ1) is 16.5. The molecule has 2 heterocycles. The van der Waals surface area contributed by atoms with Gasteiger partial charge in [0.25, 0.3) is 0 Å². The third-order valence-corrected chi connectivity index (χ3v) is 5.87. The summed E-state index contributed by atoms with van der Waals surface area (Å²) in [7, 11) is 0. The minimum absolute atomic E-state index is 0.0206. The minimum Gasteiger partial charge on any atom is -0.475 e. The summed E-state index contributed by atoms with van der Waals surface area (Å²) in [5, 5.41) is 17.6. The molecule has 1 amide bonds. The third kappa shape index (κ3) is 4.66. The Morgan fingerprint density at radius 2 is 2.00 bits per heavy atom. The van der Waals surface area contributed by atoms with Gasteiger partial charge in [-0.05, 0) is 67.6 Å². The molecule has 0 aliphatic heterocycles. The Hall–Kier alpha value is -4.07. The van der Waals surface area contributed by atoms with Crippen molar-refractivity contribution in [2.45, 2.75) is 39.2 Å². The van der Waals surface area contributed by atoms with Gasteiger partial charge < -0.3 is 10.1 Å². The molecular weight excluding hydrogens is 428 g/mol. The van der Waals surface area contributed by atoms with Crippen molar-refractivity contribution in [3.63, 3.8) is 0 Å². The Balaban J connectivity index is 1.37. The maximum absolute atomic E-state index is 12.9. The van der Waals surface area contributed by atoms with Crippen molar-refractivity contribution < 1.29 is 9.53 Å². The number of hydrogen-bond donors (Lipinski definition) is 2. The maximum Gasteiger partial charge on any atom is 0.228 e. The van der Waals surface area contributed by atoms with Crippen molar-refractivity contribution in [2.24, 2.45) is 5.92 Å². The number of nitrogens with zero attached hydrogens (tertiary/aromatic N) is 4. The lowest BCUT2D eigenvalue weighted by atomic mass is 9.99. The fraction of sp³-hybridized carbons (Fsp3) is 0.269. The highest BCUT2D eigenvalue weighted by atomic mass is 16.5. The predicted molar refractivity (Wildman–Crippen MR) is 129 cm³/mol.